The number of pyridine rings is 1. The molecule has 2 aliphatic rings. The van der Waals surface area contributed by atoms with Gasteiger partial charge in [-0.05, 0) is 50.7 Å². The fraction of sp³-hybridized carbons (Fsp3) is 0.545. The number of esters is 1. The summed E-state index contributed by atoms with van der Waals surface area (Å²) in [5, 5.41) is 6.03. The van der Waals surface area contributed by atoms with E-state index < -0.39 is 24.2 Å². The Kier molecular flexibility index (Phi) is 6.68. The molecule has 0 spiro atoms. The van der Waals surface area contributed by atoms with Gasteiger partial charge in [-0.2, -0.15) is 8.78 Å². The number of amides is 1. The molecule has 0 fully saturated rings. The number of anilines is 2. The highest BCUT2D eigenvalue weighted by Gasteiger charge is 2.42. The van der Waals surface area contributed by atoms with Gasteiger partial charge in [0, 0.05) is 30.0 Å². The molecule has 2 N–H and O–H groups in total. The topological polar surface area (TPSA) is 93.2 Å². The first-order chi connectivity index (χ1) is 15.4. The molecule has 2 aromatic heterocycles. The Balaban J connectivity index is 1.40. The smallest absolute Gasteiger partial charge is 0.309 e. The first kappa shape index (κ1) is 22.6. The predicted molar refractivity (Wildman–Crippen MR) is 117 cm³/mol. The van der Waals surface area contributed by atoms with Gasteiger partial charge in [-0.25, -0.2) is 9.97 Å². The molecule has 1 aliphatic heterocycles. The van der Waals surface area contributed by atoms with Crippen molar-refractivity contribution in [1.29, 1.82) is 0 Å². The van der Waals surface area contributed by atoms with Crippen molar-refractivity contribution in [3.8, 4) is 0 Å². The van der Waals surface area contributed by atoms with Crippen molar-refractivity contribution in [2.24, 2.45) is 5.92 Å². The van der Waals surface area contributed by atoms with E-state index >= 15 is 0 Å². The van der Waals surface area contributed by atoms with E-state index in [1.54, 1.807) is 6.92 Å². The lowest BCUT2D eigenvalue weighted by Crippen LogP contribution is -2.20. The molecular formula is C22H26F2N4O3S. The maximum Gasteiger partial charge on any atom is 0.309 e. The summed E-state index contributed by atoms with van der Waals surface area (Å²) in [6.45, 7) is 2.78. The van der Waals surface area contributed by atoms with Crippen LogP contribution in [0.25, 0.3) is 0 Å². The number of aromatic nitrogens is 2. The number of ether oxygens (including phenoxy) is 1. The number of halogens is 2. The van der Waals surface area contributed by atoms with Gasteiger partial charge < -0.3 is 15.4 Å². The van der Waals surface area contributed by atoms with Crippen LogP contribution in [-0.2, 0) is 39.5 Å². The number of nitrogens with zero attached hydrogens (tertiary/aromatic N) is 2. The normalized spacial score (nSPS) is 19.2. The van der Waals surface area contributed by atoms with Gasteiger partial charge in [0.15, 0.2) is 5.13 Å². The second-order valence-corrected chi connectivity index (χ2v) is 9.16. The van der Waals surface area contributed by atoms with Crippen LogP contribution < -0.4 is 10.6 Å². The lowest BCUT2D eigenvalue weighted by molar-refractivity contribution is -0.148. The minimum atomic E-state index is -3.14. The zero-order valence-corrected chi connectivity index (χ0v) is 18.7. The number of fused-ring (bicyclic) bond motifs is 2. The summed E-state index contributed by atoms with van der Waals surface area (Å²) in [5.74, 6) is -3.68. The minimum Gasteiger partial charge on any atom is -0.466 e. The van der Waals surface area contributed by atoms with Crippen LogP contribution in [0.1, 0.15) is 54.4 Å². The summed E-state index contributed by atoms with van der Waals surface area (Å²) in [6, 6.07) is 3.95. The lowest BCUT2D eigenvalue weighted by atomic mass is 10.0. The number of alkyl halides is 2. The summed E-state index contributed by atoms with van der Waals surface area (Å²) >= 11 is 1.00. The van der Waals surface area contributed by atoms with E-state index in [0.717, 1.165) is 42.2 Å². The van der Waals surface area contributed by atoms with E-state index in [-0.39, 0.29) is 42.6 Å². The SMILES string of the molecule is CCOC(=O)C1CCC(F)(F)c2nc(NC(=O)CCc3ccc4c(n3)NCCC4)sc2C1. The summed E-state index contributed by atoms with van der Waals surface area (Å²) in [6.07, 6.45) is 2.38. The molecule has 0 aromatic carbocycles. The number of rotatable bonds is 6. The van der Waals surface area contributed by atoms with E-state index in [1.807, 2.05) is 12.1 Å². The zero-order valence-electron chi connectivity index (χ0n) is 17.9. The highest BCUT2D eigenvalue weighted by Crippen LogP contribution is 2.43. The Morgan fingerprint density at radius 2 is 2.19 bits per heavy atom. The van der Waals surface area contributed by atoms with Crippen LogP contribution in [0.15, 0.2) is 12.1 Å². The van der Waals surface area contributed by atoms with Gasteiger partial charge in [-0.15, -0.1) is 11.3 Å². The molecule has 1 amide bonds. The molecule has 4 rings (SSSR count). The van der Waals surface area contributed by atoms with Crippen molar-refractivity contribution in [1.82, 2.24) is 9.97 Å². The van der Waals surface area contributed by atoms with Crippen molar-refractivity contribution in [3.05, 3.63) is 34.0 Å². The summed E-state index contributed by atoms with van der Waals surface area (Å²) in [7, 11) is 0. The second kappa shape index (κ2) is 9.48. The number of aryl methyl sites for hydroxylation is 2. The Labute approximate surface area is 189 Å². The van der Waals surface area contributed by atoms with Crippen LogP contribution in [0, 0.1) is 5.92 Å². The number of hydrogen-bond donors (Lipinski definition) is 2. The monoisotopic (exact) mass is 464 g/mol. The number of carbonyl (C=O) groups excluding carboxylic acids is 2. The molecule has 0 bridgehead atoms. The van der Waals surface area contributed by atoms with Crippen molar-refractivity contribution >= 4 is 34.2 Å². The highest BCUT2D eigenvalue weighted by atomic mass is 32.1. The van der Waals surface area contributed by atoms with Gasteiger partial charge in [-0.3, -0.25) is 9.59 Å². The minimum absolute atomic E-state index is 0.0409. The molecule has 2 aromatic rings. The molecule has 32 heavy (non-hydrogen) atoms. The zero-order chi connectivity index (χ0) is 22.7. The molecule has 172 valence electrons. The van der Waals surface area contributed by atoms with Crippen LogP contribution >= 0.6 is 11.3 Å². The van der Waals surface area contributed by atoms with Gasteiger partial charge >= 0.3 is 5.97 Å². The second-order valence-electron chi connectivity index (χ2n) is 8.08. The number of hydrogen-bond acceptors (Lipinski definition) is 7. The molecule has 10 heteroatoms. The van der Waals surface area contributed by atoms with Crippen LogP contribution in [0.2, 0.25) is 0 Å². The van der Waals surface area contributed by atoms with Gasteiger partial charge in [-0.1, -0.05) is 6.07 Å². The van der Waals surface area contributed by atoms with Gasteiger partial charge in [0.25, 0.3) is 5.92 Å². The maximum atomic E-state index is 14.6. The molecule has 0 saturated carbocycles. The Morgan fingerprint density at radius 1 is 1.34 bits per heavy atom. The van der Waals surface area contributed by atoms with Gasteiger partial charge in [0.1, 0.15) is 11.5 Å². The first-order valence-corrected chi connectivity index (χ1v) is 11.7. The number of thiazole rings is 1. The lowest BCUT2D eigenvalue weighted by Gasteiger charge is -2.17. The predicted octanol–water partition coefficient (Wildman–Crippen LogP) is 4.07. The van der Waals surface area contributed by atoms with Crippen molar-refractivity contribution in [2.75, 3.05) is 23.8 Å². The van der Waals surface area contributed by atoms with Crippen LogP contribution in [0.3, 0.4) is 0 Å². The number of carbonyl (C=O) groups is 2. The Morgan fingerprint density at radius 3 is 3.00 bits per heavy atom. The van der Waals surface area contributed by atoms with E-state index in [2.05, 4.69) is 20.6 Å². The Hall–Kier alpha value is -2.62. The molecule has 1 aliphatic carbocycles. The van der Waals surface area contributed by atoms with E-state index in [0.29, 0.717) is 11.3 Å². The average molecular weight is 465 g/mol. The van der Waals surface area contributed by atoms with Crippen molar-refractivity contribution in [3.63, 3.8) is 0 Å². The van der Waals surface area contributed by atoms with Crippen molar-refractivity contribution in [2.45, 2.75) is 57.8 Å². The van der Waals surface area contributed by atoms with Gasteiger partial charge in [0.2, 0.25) is 5.91 Å². The largest absolute Gasteiger partial charge is 0.466 e. The quantitative estimate of drug-likeness (QED) is 0.494. The van der Waals surface area contributed by atoms with Crippen molar-refractivity contribution < 1.29 is 23.1 Å². The van der Waals surface area contributed by atoms with Crippen LogP contribution in [0.5, 0.6) is 0 Å². The number of nitrogens with one attached hydrogen (secondary N) is 2. The third kappa shape index (κ3) is 5.06. The fourth-order valence-corrected chi connectivity index (χ4v) is 5.13. The molecule has 7 nitrogen and oxygen atoms in total. The maximum absolute atomic E-state index is 14.6. The Bertz CT molecular complexity index is 1010. The third-order valence-electron chi connectivity index (χ3n) is 5.71. The fourth-order valence-electron chi connectivity index (χ4n) is 4.02. The molecule has 0 saturated heterocycles. The summed E-state index contributed by atoms with van der Waals surface area (Å²) < 4.78 is 34.2. The highest BCUT2D eigenvalue weighted by molar-refractivity contribution is 7.15. The van der Waals surface area contributed by atoms with Crippen LogP contribution in [0.4, 0.5) is 19.7 Å². The molecule has 1 unspecified atom stereocenters. The first-order valence-electron chi connectivity index (χ1n) is 10.9. The van der Waals surface area contributed by atoms with Gasteiger partial charge in [0.05, 0.1) is 12.5 Å². The average Bonchev–Trinajstić information content (AvgIpc) is 3.13. The molecular weight excluding hydrogens is 438 g/mol. The summed E-state index contributed by atoms with van der Waals surface area (Å²) in [4.78, 5) is 33.4. The molecule has 0 radical (unpaired) electrons. The van der Waals surface area contributed by atoms with E-state index in [4.69, 9.17) is 4.74 Å². The summed E-state index contributed by atoms with van der Waals surface area (Å²) in [5.41, 5.74) is 1.63. The standard InChI is InChI=1S/C22H26F2N4O3S/c1-2-31-20(30)14-9-10-22(23,24)18-16(12-14)32-21(28-18)27-17(29)8-7-15-6-5-13-4-3-11-25-19(13)26-15/h5-6,14H,2-4,7-12H2,1H3,(H,25,26)(H,27,28,29). The van der Waals surface area contributed by atoms with Crippen LogP contribution in [-0.4, -0.2) is 35.0 Å². The van der Waals surface area contributed by atoms with E-state index in [1.165, 1.54) is 5.56 Å². The third-order valence-corrected chi connectivity index (χ3v) is 6.70. The molecule has 1 atom stereocenters. The van der Waals surface area contributed by atoms with E-state index in [9.17, 15) is 18.4 Å². The molecule has 3 heterocycles.